The highest BCUT2D eigenvalue weighted by atomic mass is 32.2. The first-order chi connectivity index (χ1) is 15.7. The average molecular weight is 474 g/mol. The molecule has 178 valence electrons. The van der Waals surface area contributed by atoms with E-state index in [1.54, 1.807) is 36.4 Å². The Morgan fingerprint density at radius 1 is 1.03 bits per heavy atom. The minimum Gasteiger partial charge on any atom is -0.379 e. The van der Waals surface area contributed by atoms with Gasteiger partial charge >= 0.3 is 0 Å². The number of carbonyl (C=O) groups is 2. The van der Waals surface area contributed by atoms with Crippen molar-refractivity contribution in [3.05, 3.63) is 53.6 Å². The van der Waals surface area contributed by atoms with Crippen molar-refractivity contribution < 1.29 is 22.7 Å². The van der Waals surface area contributed by atoms with E-state index in [2.05, 4.69) is 10.6 Å². The Morgan fingerprint density at radius 2 is 1.70 bits per heavy atom. The maximum atomic E-state index is 12.7. The maximum Gasteiger partial charge on any atom is 0.243 e. The third-order valence-electron chi connectivity index (χ3n) is 5.48. The van der Waals surface area contributed by atoms with Crippen LogP contribution in [0, 0.1) is 12.8 Å². The number of morpholine rings is 1. The van der Waals surface area contributed by atoms with Gasteiger partial charge in [-0.25, -0.2) is 8.42 Å². The summed E-state index contributed by atoms with van der Waals surface area (Å²) in [5, 5.41) is 5.73. The van der Waals surface area contributed by atoms with Crippen molar-refractivity contribution >= 4 is 33.2 Å². The lowest BCUT2D eigenvalue weighted by Gasteiger charge is -2.26. The zero-order chi connectivity index (χ0) is 24.0. The van der Waals surface area contributed by atoms with Crippen LogP contribution in [0.15, 0.2) is 47.4 Å². The molecular weight excluding hydrogens is 442 g/mol. The average Bonchev–Trinajstić information content (AvgIpc) is 2.80. The van der Waals surface area contributed by atoms with Crippen molar-refractivity contribution in [1.29, 1.82) is 0 Å². The zero-order valence-corrected chi connectivity index (χ0v) is 20.1. The summed E-state index contributed by atoms with van der Waals surface area (Å²) in [6.45, 7) is 7.03. The quantitative estimate of drug-likeness (QED) is 0.613. The van der Waals surface area contributed by atoms with Crippen molar-refractivity contribution in [1.82, 2.24) is 4.31 Å². The van der Waals surface area contributed by atoms with E-state index in [-0.39, 0.29) is 29.0 Å². The van der Waals surface area contributed by atoms with Crippen LogP contribution >= 0.6 is 0 Å². The van der Waals surface area contributed by atoms with Crippen molar-refractivity contribution in [3.8, 4) is 0 Å². The Bertz CT molecular complexity index is 1090. The van der Waals surface area contributed by atoms with Crippen LogP contribution in [0.3, 0.4) is 0 Å². The van der Waals surface area contributed by atoms with Gasteiger partial charge in [-0.15, -0.1) is 0 Å². The standard InChI is InChI=1S/C24H31N3O5S/c1-17(2)24(29)25-20-8-4-18(3)22(16-20)26-23(28)11-7-19-5-9-21(10-6-19)33(30,31)27-12-14-32-15-13-27/h4-6,8-10,16-17H,7,11-15H2,1-3H3,(H,25,29)(H,26,28). The molecule has 0 unspecified atom stereocenters. The minimum absolute atomic E-state index is 0.0878. The summed E-state index contributed by atoms with van der Waals surface area (Å²) in [6.07, 6.45) is 0.726. The van der Waals surface area contributed by atoms with E-state index in [1.807, 2.05) is 26.8 Å². The van der Waals surface area contributed by atoms with Gasteiger partial charge in [0, 0.05) is 36.8 Å². The lowest BCUT2D eigenvalue weighted by Crippen LogP contribution is -2.40. The molecule has 1 aliphatic rings. The molecule has 2 N–H and O–H groups in total. The summed E-state index contributed by atoms with van der Waals surface area (Å²) < 4.78 is 32.1. The molecule has 2 aromatic rings. The van der Waals surface area contributed by atoms with Crippen LogP contribution in [-0.4, -0.2) is 50.8 Å². The number of ether oxygens (including phenoxy) is 1. The summed E-state index contributed by atoms with van der Waals surface area (Å²) >= 11 is 0. The number of carbonyl (C=O) groups excluding carboxylic acids is 2. The molecule has 0 radical (unpaired) electrons. The molecule has 0 aliphatic carbocycles. The van der Waals surface area contributed by atoms with Gasteiger partial charge in [-0.05, 0) is 48.7 Å². The van der Waals surface area contributed by atoms with Crippen molar-refractivity contribution in [2.45, 2.75) is 38.5 Å². The molecule has 0 spiro atoms. The van der Waals surface area contributed by atoms with E-state index in [9.17, 15) is 18.0 Å². The summed E-state index contributed by atoms with van der Waals surface area (Å²) in [4.78, 5) is 24.7. The lowest BCUT2D eigenvalue weighted by molar-refractivity contribution is -0.119. The molecule has 2 aromatic carbocycles. The lowest BCUT2D eigenvalue weighted by atomic mass is 10.1. The molecule has 1 fully saturated rings. The number of sulfonamides is 1. The molecule has 0 saturated carbocycles. The molecular formula is C24H31N3O5S. The molecule has 0 bridgehead atoms. The van der Waals surface area contributed by atoms with Gasteiger partial charge in [0.2, 0.25) is 21.8 Å². The molecule has 3 rings (SSSR count). The summed E-state index contributed by atoms with van der Waals surface area (Å²) in [5.41, 5.74) is 3.05. The van der Waals surface area contributed by atoms with E-state index in [0.29, 0.717) is 44.1 Å². The number of anilines is 2. The molecule has 9 heteroatoms. The number of nitrogens with zero attached hydrogens (tertiary/aromatic N) is 1. The predicted molar refractivity (Wildman–Crippen MR) is 128 cm³/mol. The number of nitrogens with one attached hydrogen (secondary N) is 2. The first-order valence-electron chi connectivity index (χ1n) is 11.0. The Balaban J connectivity index is 1.57. The van der Waals surface area contributed by atoms with Crippen molar-refractivity contribution in [2.24, 2.45) is 5.92 Å². The van der Waals surface area contributed by atoms with Gasteiger partial charge < -0.3 is 15.4 Å². The van der Waals surface area contributed by atoms with Gasteiger partial charge in [-0.2, -0.15) is 4.31 Å². The van der Waals surface area contributed by atoms with Crippen LogP contribution < -0.4 is 10.6 Å². The fraction of sp³-hybridized carbons (Fsp3) is 0.417. The topological polar surface area (TPSA) is 105 Å². The van der Waals surface area contributed by atoms with Crippen LogP contribution in [-0.2, 0) is 30.8 Å². The number of hydrogen-bond donors (Lipinski definition) is 2. The van der Waals surface area contributed by atoms with Crippen LogP contribution in [0.2, 0.25) is 0 Å². The molecule has 1 heterocycles. The van der Waals surface area contributed by atoms with Crippen LogP contribution in [0.25, 0.3) is 0 Å². The Labute approximate surface area is 195 Å². The Hall–Kier alpha value is -2.75. The predicted octanol–water partition coefficient (Wildman–Crippen LogP) is 3.18. The molecule has 1 saturated heterocycles. The van der Waals surface area contributed by atoms with E-state index in [0.717, 1.165) is 11.1 Å². The van der Waals surface area contributed by atoms with Gasteiger partial charge in [0.05, 0.1) is 18.1 Å². The number of amides is 2. The van der Waals surface area contributed by atoms with Crippen LogP contribution in [0.5, 0.6) is 0 Å². The second-order valence-corrected chi connectivity index (χ2v) is 10.3. The highest BCUT2D eigenvalue weighted by molar-refractivity contribution is 7.89. The fourth-order valence-corrected chi connectivity index (χ4v) is 4.76. The van der Waals surface area contributed by atoms with Crippen molar-refractivity contribution in [2.75, 3.05) is 36.9 Å². The van der Waals surface area contributed by atoms with Gasteiger partial charge in [0.15, 0.2) is 0 Å². The van der Waals surface area contributed by atoms with E-state index in [1.165, 1.54) is 4.31 Å². The molecule has 0 aromatic heterocycles. The highest BCUT2D eigenvalue weighted by Gasteiger charge is 2.26. The summed E-state index contributed by atoms with van der Waals surface area (Å²) in [5.74, 6) is -0.384. The second-order valence-electron chi connectivity index (χ2n) is 8.38. The van der Waals surface area contributed by atoms with E-state index >= 15 is 0 Å². The van der Waals surface area contributed by atoms with Gasteiger partial charge in [0.25, 0.3) is 0 Å². The largest absolute Gasteiger partial charge is 0.379 e. The fourth-order valence-electron chi connectivity index (χ4n) is 3.36. The molecule has 1 aliphatic heterocycles. The SMILES string of the molecule is Cc1ccc(NC(=O)C(C)C)cc1NC(=O)CCc1ccc(S(=O)(=O)N2CCOCC2)cc1. The third-order valence-corrected chi connectivity index (χ3v) is 7.39. The first-order valence-corrected chi connectivity index (χ1v) is 12.5. The normalized spacial score (nSPS) is 14.8. The van der Waals surface area contributed by atoms with E-state index < -0.39 is 10.0 Å². The monoisotopic (exact) mass is 473 g/mol. The smallest absolute Gasteiger partial charge is 0.243 e. The first kappa shape index (κ1) is 24.9. The minimum atomic E-state index is -3.53. The second kappa shape index (κ2) is 10.9. The number of benzene rings is 2. The highest BCUT2D eigenvalue weighted by Crippen LogP contribution is 2.22. The van der Waals surface area contributed by atoms with Gasteiger partial charge in [-0.3, -0.25) is 9.59 Å². The number of aryl methyl sites for hydroxylation is 2. The van der Waals surface area contributed by atoms with Gasteiger partial charge in [0.1, 0.15) is 0 Å². The molecule has 2 amide bonds. The summed E-state index contributed by atoms with van der Waals surface area (Å²) in [7, 11) is -3.53. The summed E-state index contributed by atoms with van der Waals surface area (Å²) in [6, 6.07) is 12.1. The van der Waals surface area contributed by atoms with E-state index in [4.69, 9.17) is 4.74 Å². The van der Waals surface area contributed by atoms with Crippen LogP contribution in [0.4, 0.5) is 11.4 Å². The Kier molecular flexibility index (Phi) is 8.23. The molecule has 33 heavy (non-hydrogen) atoms. The Morgan fingerprint density at radius 3 is 2.33 bits per heavy atom. The third kappa shape index (κ3) is 6.63. The van der Waals surface area contributed by atoms with Crippen molar-refractivity contribution in [3.63, 3.8) is 0 Å². The van der Waals surface area contributed by atoms with Crippen LogP contribution in [0.1, 0.15) is 31.4 Å². The molecule has 8 nitrogen and oxygen atoms in total. The van der Waals surface area contributed by atoms with Gasteiger partial charge in [-0.1, -0.05) is 32.0 Å². The maximum absolute atomic E-state index is 12.7. The molecule has 0 atom stereocenters. The number of hydrogen-bond acceptors (Lipinski definition) is 5. The number of rotatable bonds is 8. The zero-order valence-electron chi connectivity index (χ0n) is 19.3.